The Morgan fingerprint density at radius 2 is 1.46 bits per heavy atom. The summed E-state index contributed by atoms with van der Waals surface area (Å²) >= 11 is 0. The molecule has 0 saturated carbocycles. The number of hydrogen-bond donors (Lipinski definition) is 2. The average Bonchev–Trinajstić information content (AvgIpc) is 3.19. The lowest BCUT2D eigenvalue weighted by Gasteiger charge is -2.09. The second-order valence-electron chi connectivity index (χ2n) is 6.22. The van der Waals surface area contributed by atoms with Crippen molar-refractivity contribution in [3.8, 4) is 33.9 Å². The Balaban J connectivity index is 1.74. The van der Waals surface area contributed by atoms with Crippen molar-refractivity contribution in [2.75, 3.05) is 0 Å². The third kappa shape index (κ3) is 3.03. The zero-order valence-corrected chi connectivity index (χ0v) is 14.5. The van der Waals surface area contributed by atoms with Crippen LogP contribution < -0.4 is 0 Å². The molecule has 4 nitrogen and oxygen atoms in total. The van der Waals surface area contributed by atoms with E-state index >= 15 is 0 Å². The van der Waals surface area contributed by atoms with E-state index in [0.29, 0.717) is 5.82 Å². The van der Waals surface area contributed by atoms with Gasteiger partial charge in [-0.05, 0) is 35.2 Å². The molecule has 0 amide bonds. The summed E-state index contributed by atoms with van der Waals surface area (Å²) in [5.41, 5.74) is 6.31. The maximum atomic E-state index is 9.32. The predicted molar refractivity (Wildman–Crippen MR) is 103 cm³/mol. The van der Waals surface area contributed by atoms with Gasteiger partial charge in [0, 0.05) is 11.1 Å². The molecule has 0 saturated heterocycles. The quantitative estimate of drug-likeness (QED) is 0.570. The molecule has 4 rings (SSSR count). The van der Waals surface area contributed by atoms with Crippen LogP contribution in [0.1, 0.15) is 11.1 Å². The van der Waals surface area contributed by atoms with E-state index in [0.717, 1.165) is 28.1 Å². The van der Waals surface area contributed by atoms with E-state index in [1.807, 2.05) is 48.5 Å². The largest absolute Gasteiger partial charge is 0.392 e. The van der Waals surface area contributed by atoms with Gasteiger partial charge in [0.1, 0.15) is 0 Å². The predicted octanol–water partition coefficient (Wildman–Crippen LogP) is 4.61. The van der Waals surface area contributed by atoms with Gasteiger partial charge in [0.2, 0.25) is 0 Å². The van der Waals surface area contributed by atoms with Crippen LogP contribution in [0, 0.1) is 6.92 Å². The summed E-state index contributed by atoms with van der Waals surface area (Å²) in [4.78, 5) is 3.31. The summed E-state index contributed by atoms with van der Waals surface area (Å²) < 4.78 is 0. The van der Waals surface area contributed by atoms with Crippen LogP contribution in [-0.2, 0) is 6.61 Å². The molecule has 1 heterocycles. The first-order valence-electron chi connectivity index (χ1n) is 8.54. The lowest BCUT2D eigenvalue weighted by molar-refractivity contribution is 0.282. The maximum absolute atomic E-state index is 9.32. The molecule has 26 heavy (non-hydrogen) atoms. The fourth-order valence-electron chi connectivity index (χ4n) is 3.15. The van der Waals surface area contributed by atoms with Gasteiger partial charge in [-0.1, -0.05) is 66.7 Å². The smallest absolute Gasteiger partial charge is 0.161 e. The Morgan fingerprint density at radius 1 is 0.769 bits per heavy atom. The van der Waals surface area contributed by atoms with Crippen molar-refractivity contribution >= 4 is 0 Å². The maximum Gasteiger partial charge on any atom is 0.161 e. The first kappa shape index (κ1) is 16.2. The number of benzene rings is 3. The summed E-state index contributed by atoms with van der Waals surface area (Å²) in [5.74, 6) is 1.43. The highest BCUT2D eigenvalue weighted by Gasteiger charge is 2.12. The van der Waals surface area contributed by atoms with E-state index in [1.165, 1.54) is 11.1 Å². The number of rotatable bonds is 4. The van der Waals surface area contributed by atoms with Gasteiger partial charge in [0.15, 0.2) is 11.6 Å². The van der Waals surface area contributed by atoms with Gasteiger partial charge in [0.05, 0.1) is 6.61 Å². The molecule has 0 bridgehead atoms. The van der Waals surface area contributed by atoms with Crippen molar-refractivity contribution in [1.29, 1.82) is 0 Å². The van der Waals surface area contributed by atoms with Crippen LogP contribution in [0.3, 0.4) is 0 Å². The summed E-state index contributed by atoms with van der Waals surface area (Å²) in [6.45, 7) is 2.11. The summed E-state index contributed by atoms with van der Waals surface area (Å²) in [6.07, 6.45) is 0. The summed E-state index contributed by atoms with van der Waals surface area (Å²) in [6, 6.07) is 24.2. The minimum atomic E-state index is 0.00701. The van der Waals surface area contributed by atoms with Crippen molar-refractivity contribution in [3.63, 3.8) is 0 Å². The topological polar surface area (TPSA) is 61.8 Å². The molecular formula is C22H19N3O. The van der Waals surface area contributed by atoms with Crippen LogP contribution in [0.2, 0.25) is 0 Å². The molecule has 0 unspecified atom stereocenters. The van der Waals surface area contributed by atoms with E-state index in [4.69, 9.17) is 0 Å². The first-order valence-corrected chi connectivity index (χ1v) is 8.54. The highest BCUT2D eigenvalue weighted by molar-refractivity contribution is 5.76. The number of H-pyrrole nitrogens is 1. The molecule has 3 aromatic carbocycles. The highest BCUT2D eigenvalue weighted by atomic mass is 16.3. The molecule has 0 spiro atoms. The van der Waals surface area contributed by atoms with Crippen LogP contribution >= 0.6 is 0 Å². The molecule has 128 valence electrons. The number of aliphatic hydroxyl groups is 1. The Kier molecular flexibility index (Phi) is 4.33. The molecular weight excluding hydrogens is 322 g/mol. The summed E-state index contributed by atoms with van der Waals surface area (Å²) in [5, 5.41) is 18.0. The monoisotopic (exact) mass is 341 g/mol. The third-order valence-electron chi connectivity index (χ3n) is 4.54. The summed E-state index contributed by atoms with van der Waals surface area (Å²) in [7, 11) is 0. The molecule has 0 atom stereocenters. The van der Waals surface area contributed by atoms with Crippen LogP contribution in [-0.4, -0.2) is 20.3 Å². The standard InChI is InChI=1S/C22H19N3O/c1-15-19(17-8-3-2-4-9-17)11-6-12-20(15)22-23-21(24-25-22)18-10-5-7-16(13-18)14-26/h2-13,26H,14H2,1H3,(H,23,24,25). The Morgan fingerprint density at radius 3 is 2.27 bits per heavy atom. The third-order valence-corrected chi connectivity index (χ3v) is 4.54. The first-order chi connectivity index (χ1) is 12.8. The molecule has 0 radical (unpaired) electrons. The highest BCUT2D eigenvalue weighted by Crippen LogP contribution is 2.30. The Hall–Kier alpha value is -3.24. The van der Waals surface area contributed by atoms with Gasteiger partial charge in [-0.15, -0.1) is 10.2 Å². The number of aromatic amines is 1. The number of nitrogens with one attached hydrogen (secondary N) is 1. The zero-order valence-electron chi connectivity index (χ0n) is 14.5. The second-order valence-corrected chi connectivity index (χ2v) is 6.22. The van der Waals surface area contributed by atoms with Crippen LogP contribution in [0.25, 0.3) is 33.9 Å². The van der Waals surface area contributed by atoms with Gasteiger partial charge in [-0.3, -0.25) is 0 Å². The SMILES string of the molecule is Cc1c(-c2ccccc2)cccc1-c1nnc(-c2cccc(CO)c2)[nH]1. The molecule has 4 aromatic rings. The number of hydrogen-bond acceptors (Lipinski definition) is 3. The Labute approximate surface area is 152 Å². The van der Waals surface area contributed by atoms with Crippen molar-refractivity contribution in [1.82, 2.24) is 15.2 Å². The van der Waals surface area contributed by atoms with Gasteiger partial charge in [-0.25, -0.2) is 0 Å². The zero-order chi connectivity index (χ0) is 17.9. The lowest BCUT2D eigenvalue weighted by atomic mass is 9.96. The van der Waals surface area contributed by atoms with Gasteiger partial charge < -0.3 is 10.1 Å². The van der Waals surface area contributed by atoms with Crippen molar-refractivity contribution in [3.05, 3.63) is 83.9 Å². The van der Waals surface area contributed by atoms with Crippen LogP contribution in [0.4, 0.5) is 0 Å². The average molecular weight is 341 g/mol. The molecule has 0 aliphatic carbocycles. The second kappa shape index (κ2) is 6.94. The minimum Gasteiger partial charge on any atom is -0.392 e. The van der Waals surface area contributed by atoms with E-state index in [1.54, 1.807) is 0 Å². The van der Waals surface area contributed by atoms with Gasteiger partial charge in [-0.2, -0.15) is 0 Å². The number of aromatic nitrogens is 3. The van der Waals surface area contributed by atoms with Crippen LogP contribution in [0.5, 0.6) is 0 Å². The van der Waals surface area contributed by atoms with E-state index in [9.17, 15) is 5.11 Å². The van der Waals surface area contributed by atoms with Gasteiger partial charge >= 0.3 is 0 Å². The van der Waals surface area contributed by atoms with E-state index < -0.39 is 0 Å². The molecule has 0 aliphatic rings. The number of nitrogens with zero attached hydrogens (tertiary/aromatic N) is 2. The molecule has 0 aliphatic heterocycles. The molecule has 1 aromatic heterocycles. The van der Waals surface area contributed by atoms with Crippen molar-refractivity contribution < 1.29 is 5.11 Å². The minimum absolute atomic E-state index is 0.00701. The lowest BCUT2D eigenvalue weighted by Crippen LogP contribution is -1.90. The van der Waals surface area contributed by atoms with Crippen LogP contribution in [0.15, 0.2) is 72.8 Å². The Bertz CT molecular complexity index is 1040. The van der Waals surface area contributed by atoms with E-state index in [-0.39, 0.29) is 6.61 Å². The molecule has 0 fully saturated rings. The van der Waals surface area contributed by atoms with Crippen molar-refractivity contribution in [2.45, 2.75) is 13.5 Å². The molecule has 2 N–H and O–H groups in total. The molecule has 4 heteroatoms. The normalized spacial score (nSPS) is 10.8. The number of aliphatic hydroxyl groups excluding tert-OH is 1. The van der Waals surface area contributed by atoms with E-state index in [2.05, 4.69) is 46.4 Å². The fraction of sp³-hybridized carbons (Fsp3) is 0.0909. The fourth-order valence-corrected chi connectivity index (χ4v) is 3.15. The van der Waals surface area contributed by atoms with Crippen molar-refractivity contribution in [2.24, 2.45) is 0 Å². The van der Waals surface area contributed by atoms with Gasteiger partial charge in [0.25, 0.3) is 0 Å².